The van der Waals surface area contributed by atoms with E-state index < -0.39 is 10.4 Å². The summed E-state index contributed by atoms with van der Waals surface area (Å²) in [5.74, 6) is 0. The summed E-state index contributed by atoms with van der Waals surface area (Å²) in [7, 11) is -4.67. The van der Waals surface area contributed by atoms with Crippen molar-refractivity contribution in [1.82, 2.24) is 6.15 Å². The van der Waals surface area contributed by atoms with Gasteiger partial charge in [-0.3, -0.25) is 9.11 Å². The van der Waals surface area contributed by atoms with E-state index in [2.05, 4.69) is 0 Å². The fourth-order valence-electron chi connectivity index (χ4n) is 0. The second-order valence-corrected chi connectivity index (χ2v) is 1.34. The van der Waals surface area contributed by atoms with E-state index in [1.807, 2.05) is 0 Å². The Labute approximate surface area is 80.5 Å². The molecule has 0 heterocycles. The zero-order valence-electron chi connectivity index (χ0n) is 3.83. The van der Waals surface area contributed by atoms with Crippen LogP contribution in [0.4, 0.5) is 0 Å². The van der Waals surface area contributed by atoms with Crippen molar-refractivity contribution in [3.05, 3.63) is 0 Å². The Kier molecular flexibility index (Phi) is 23.4. The molecule has 0 saturated heterocycles. The van der Waals surface area contributed by atoms with Gasteiger partial charge in [0.05, 0.1) is 0 Å². The smallest absolute Gasteiger partial charge is 0.394 e. The van der Waals surface area contributed by atoms with Gasteiger partial charge in [0, 0.05) is 41.7 Å². The van der Waals surface area contributed by atoms with Crippen molar-refractivity contribution in [2.45, 2.75) is 0 Å². The van der Waals surface area contributed by atoms with Gasteiger partial charge in [-0.2, -0.15) is 8.42 Å². The monoisotopic (exact) mass is 273 g/mol. The Bertz CT molecular complexity index is 95.6. The first-order valence-corrected chi connectivity index (χ1v) is 2.10. The molecule has 0 spiro atoms. The molecule has 8 heteroatoms. The SMILES string of the molecule is N.O.O=S(=O)(O)O.[Ce]. The van der Waals surface area contributed by atoms with Crippen LogP contribution in [0.5, 0.6) is 0 Å². The quantitative estimate of drug-likeness (QED) is 0.469. The van der Waals surface area contributed by atoms with E-state index >= 15 is 0 Å². The number of rotatable bonds is 0. The van der Waals surface area contributed by atoms with Gasteiger partial charge in [-0.25, -0.2) is 0 Å². The van der Waals surface area contributed by atoms with Gasteiger partial charge in [0.15, 0.2) is 0 Å². The molecule has 0 aromatic heterocycles. The molecule has 0 radical (unpaired) electrons. The Hall–Kier alpha value is 1.17. The summed E-state index contributed by atoms with van der Waals surface area (Å²) in [6, 6.07) is 0. The van der Waals surface area contributed by atoms with Crippen molar-refractivity contribution in [2.24, 2.45) is 0 Å². The molecular formula is H7CeNO5S. The minimum absolute atomic E-state index is 0. The summed E-state index contributed by atoms with van der Waals surface area (Å²) in [5.41, 5.74) is 0. The third kappa shape index (κ3) is 200. The summed E-state index contributed by atoms with van der Waals surface area (Å²) in [4.78, 5) is 0. The van der Waals surface area contributed by atoms with E-state index in [-0.39, 0.29) is 53.4 Å². The zero-order valence-corrected chi connectivity index (χ0v) is 7.78. The molecule has 52 valence electrons. The van der Waals surface area contributed by atoms with Crippen LogP contribution in [0.3, 0.4) is 0 Å². The first kappa shape index (κ1) is 22.9. The Morgan fingerprint density at radius 2 is 1.12 bits per heavy atom. The normalized spacial score (nSPS) is 7.25. The van der Waals surface area contributed by atoms with Crippen LogP contribution >= 0.6 is 0 Å². The predicted molar refractivity (Wildman–Crippen MR) is 22.8 cm³/mol. The van der Waals surface area contributed by atoms with Crippen LogP contribution in [0.1, 0.15) is 0 Å². The van der Waals surface area contributed by atoms with E-state index in [9.17, 15) is 0 Å². The first-order valence-electron chi connectivity index (χ1n) is 0.698. The predicted octanol–water partition coefficient (Wildman–Crippen LogP) is -1.32. The van der Waals surface area contributed by atoms with Crippen LogP contribution in [-0.4, -0.2) is 23.0 Å². The zero-order chi connectivity index (χ0) is 4.50. The number of hydrogen-bond acceptors (Lipinski definition) is 3. The van der Waals surface area contributed by atoms with Crippen LogP contribution in [-0.2, 0) is 10.4 Å². The molecule has 0 aliphatic rings. The topological polar surface area (TPSA) is 141 Å². The summed E-state index contributed by atoms with van der Waals surface area (Å²) >= 11 is 0. The third-order valence-electron chi connectivity index (χ3n) is 0. The summed E-state index contributed by atoms with van der Waals surface area (Å²) < 4.78 is 31.6. The summed E-state index contributed by atoms with van der Waals surface area (Å²) in [5, 5.41) is 0. The van der Waals surface area contributed by atoms with Crippen molar-refractivity contribution >= 4 is 10.4 Å². The number of hydrogen-bond donors (Lipinski definition) is 3. The van der Waals surface area contributed by atoms with E-state index in [0.29, 0.717) is 0 Å². The second kappa shape index (κ2) is 8.17. The first-order chi connectivity index (χ1) is 2.00. The van der Waals surface area contributed by atoms with Crippen LogP contribution in [0.15, 0.2) is 0 Å². The van der Waals surface area contributed by atoms with Gasteiger partial charge < -0.3 is 11.6 Å². The van der Waals surface area contributed by atoms with E-state index in [0.717, 1.165) is 0 Å². The molecule has 7 N–H and O–H groups in total. The molecule has 0 aromatic carbocycles. The molecule has 0 unspecified atom stereocenters. The largest absolute Gasteiger partial charge is 0.412 e. The van der Waals surface area contributed by atoms with E-state index in [1.165, 1.54) is 0 Å². The van der Waals surface area contributed by atoms with Crippen LogP contribution in [0.25, 0.3) is 0 Å². The van der Waals surface area contributed by atoms with Gasteiger partial charge in [-0.1, -0.05) is 0 Å². The molecule has 0 atom stereocenters. The van der Waals surface area contributed by atoms with Crippen molar-refractivity contribution in [1.29, 1.82) is 0 Å². The third-order valence-corrected chi connectivity index (χ3v) is 0. The van der Waals surface area contributed by atoms with Crippen molar-refractivity contribution < 1.29 is 64.7 Å². The molecule has 6 nitrogen and oxygen atoms in total. The van der Waals surface area contributed by atoms with Gasteiger partial charge in [0.1, 0.15) is 0 Å². The Morgan fingerprint density at radius 3 is 1.12 bits per heavy atom. The van der Waals surface area contributed by atoms with E-state index in [1.54, 1.807) is 0 Å². The standard InChI is InChI=1S/Ce.H3N.H2O4S.H2O/c;;1-5(2,3)4;/h;1H3;(H2,1,2,3,4);1H2. The van der Waals surface area contributed by atoms with Crippen LogP contribution in [0, 0.1) is 41.7 Å². The molecular weight excluding hydrogens is 266 g/mol. The molecule has 8 heavy (non-hydrogen) atoms. The maximum atomic E-state index is 8.74. The maximum Gasteiger partial charge on any atom is 0.394 e. The van der Waals surface area contributed by atoms with Crippen molar-refractivity contribution in [3.8, 4) is 0 Å². The molecule has 0 rings (SSSR count). The molecule has 0 bridgehead atoms. The molecule has 0 aromatic rings. The Morgan fingerprint density at radius 1 is 1.12 bits per heavy atom. The summed E-state index contributed by atoms with van der Waals surface area (Å²) in [6.07, 6.45) is 0. The minimum atomic E-state index is -4.67. The molecule has 0 fully saturated rings. The summed E-state index contributed by atoms with van der Waals surface area (Å²) in [6.45, 7) is 0. The van der Waals surface area contributed by atoms with Crippen LogP contribution < -0.4 is 6.15 Å². The molecule has 0 aliphatic heterocycles. The molecule has 0 aliphatic carbocycles. The van der Waals surface area contributed by atoms with Crippen LogP contribution in [0.2, 0.25) is 0 Å². The van der Waals surface area contributed by atoms with Gasteiger partial charge in [0.25, 0.3) is 0 Å². The molecule has 0 saturated carbocycles. The second-order valence-electron chi connectivity index (χ2n) is 0.448. The van der Waals surface area contributed by atoms with Gasteiger partial charge in [-0.05, 0) is 0 Å². The van der Waals surface area contributed by atoms with Crippen molar-refractivity contribution in [3.63, 3.8) is 0 Å². The fraction of sp³-hybridized carbons (Fsp3) is 0. The minimum Gasteiger partial charge on any atom is -0.412 e. The van der Waals surface area contributed by atoms with Gasteiger partial charge in [0.2, 0.25) is 0 Å². The average molecular weight is 273 g/mol. The molecule has 0 amide bonds. The maximum absolute atomic E-state index is 8.74. The Balaban J connectivity index is -0.0000000267. The van der Waals surface area contributed by atoms with Gasteiger partial charge >= 0.3 is 10.4 Å². The van der Waals surface area contributed by atoms with Crippen molar-refractivity contribution in [2.75, 3.05) is 0 Å². The average Bonchev–Trinajstić information content (AvgIpc) is 0.722. The van der Waals surface area contributed by atoms with Gasteiger partial charge in [-0.15, -0.1) is 0 Å². The van der Waals surface area contributed by atoms with E-state index in [4.69, 9.17) is 17.5 Å². The fourth-order valence-corrected chi connectivity index (χ4v) is 0.